The van der Waals surface area contributed by atoms with Gasteiger partial charge in [-0.15, -0.1) is 0 Å². The first-order valence-corrected chi connectivity index (χ1v) is 20.9. The number of rotatable bonds is 10. The van der Waals surface area contributed by atoms with E-state index in [1.165, 1.54) is 50.0 Å². The molecule has 0 radical (unpaired) electrons. The molecule has 4 heteroatoms. The molecular weight excluding hydrogens is 774 g/mol. The summed E-state index contributed by atoms with van der Waals surface area (Å²) < 4.78 is 0. The highest BCUT2D eigenvalue weighted by Gasteiger charge is 2.45. The summed E-state index contributed by atoms with van der Waals surface area (Å²) in [4.78, 5) is 0. The van der Waals surface area contributed by atoms with Crippen molar-refractivity contribution in [1.29, 1.82) is 0 Å². The fourth-order valence-corrected chi connectivity index (χ4v) is 15.5. The highest BCUT2D eigenvalue weighted by Crippen LogP contribution is 2.58. The zero-order valence-electron chi connectivity index (χ0n) is 28.5. The van der Waals surface area contributed by atoms with Gasteiger partial charge in [0.1, 0.15) is 46.4 Å². The smallest absolute Gasteiger partial charge is 0.116 e. The Hall–Kier alpha value is -3.64. The van der Waals surface area contributed by atoms with Crippen LogP contribution in [0.4, 0.5) is 0 Å². The van der Waals surface area contributed by atoms with Crippen LogP contribution in [-0.4, -0.2) is 6.16 Å². The van der Waals surface area contributed by atoms with E-state index in [2.05, 4.69) is 219 Å². The van der Waals surface area contributed by atoms with Crippen molar-refractivity contribution < 1.29 is 34.0 Å². The molecule has 0 aromatic heterocycles. The van der Waals surface area contributed by atoms with Crippen molar-refractivity contribution >= 4 is 46.4 Å². The van der Waals surface area contributed by atoms with E-state index in [1.54, 1.807) is 0 Å². The third-order valence-electron chi connectivity index (χ3n) is 9.00. The van der Waals surface area contributed by atoms with Crippen molar-refractivity contribution in [3.05, 3.63) is 218 Å². The lowest BCUT2D eigenvalue weighted by Gasteiger charge is -2.27. The van der Waals surface area contributed by atoms with Crippen molar-refractivity contribution in [2.45, 2.75) is 19.5 Å². The van der Waals surface area contributed by atoms with Gasteiger partial charge >= 0.3 is 0 Å². The average Bonchev–Trinajstić information content (AvgIpc) is 3.19. The Morgan fingerprint density at radius 3 is 0.760 bits per heavy atom. The topological polar surface area (TPSA) is 0 Å². The molecule has 50 heavy (non-hydrogen) atoms. The van der Waals surface area contributed by atoms with Crippen LogP contribution in [0.2, 0.25) is 0 Å². The van der Waals surface area contributed by atoms with Gasteiger partial charge in [-0.2, -0.15) is 0 Å². The lowest BCUT2D eigenvalue weighted by Crippen LogP contribution is -3.00. The molecule has 7 aromatic carbocycles. The molecule has 0 heterocycles. The van der Waals surface area contributed by atoms with E-state index < -0.39 is 14.5 Å². The summed E-state index contributed by atoms with van der Waals surface area (Å²) in [6, 6.07) is 77.3. The molecule has 0 spiro atoms. The number of benzene rings is 7. The molecule has 252 valence electrons. The third kappa shape index (κ3) is 8.80. The zero-order valence-corrected chi connectivity index (χ0v) is 33.4. The van der Waals surface area contributed by atoms with Crippen LogP contribution in [0.5, 0.6) is 0 Å². The van der Waals surface area contributed by atoms with Gasteiger partial charge in [-0.25, -0.2) is 0 Å². The predicted octanol–water partition coefficient (Wildman–Crippen LogP) is 3.58. The monoisotopic (exact) mass is 816 g/mol. The summed E-state index contributed by atoms with van der Waals surface area (Å²) in [6.45, 7) is 2.30. The van der Waals surface area contributed by atoms with E-state index in [0.717, 1.165) is 6.16 Å². The highest BCUT2D eigenvalue weighted by atomic mass is 79.9. The summed E-state index contributed by atoms with van der Waals surface area (Å²) in [5.41, 5.74) is 1.39. The molecule has 0 bridgehead atoms. The molecule has 0 nitrogen and oxygen atoms in total. The van der Waals surface area contributed by atoms with Crippen molar-refractivity contribution in [2.24, 2.45) is 0 Å². The van der Waals surface area contributed by atoms with E-state index in [9.17, 15) is 0 Å². The molecule has 0 aliphatic rings. The maximum atomic E-state index is 2.31. The summed E-state index contributed by atoms with van der Waals surface area (Å²) >= 11 is 0. The summed E-state index contributed by atoms with van der Waals surface area (Å²) in [7, 11) is -3.33. The second-order valence-electron chi connectivity index (χ2n) is 12.0. The molecular formula is C46H44Br2P2. The standard InChI is InChI=1S/C25H22P.C21H22P.2BrH/c1-5-13-22(14-6-1)21-26(23-15-7-2-8-16-23,24-17-9-3-10-18-24)25-19-11-4-12-20-25;1-2-18-22(19-12-6-3-7-13-19,20-14-8-4-9-15-20)21-16-10-5-11-17-21;;/h1-20H,21H2;3-17H,2,18H2,1H3;2*1H/q2*+1;;/p-2. The predicted molar refractivity (Wildman–Crippen MR) is 216 cm³/mol. The van der Waals surface area contributed by atoms with Gasteiger partial charge in [-0.05, 0) is 84.8 Å². The van der Waals surface area contributed by atoms with E-state index in [-0.39, 0.29) is 34.0 Å². The third-order valence-corrected chi connectivity index (χ3v) is 18.0. The first-order chi connectivity index (χ1) is 23.8. The Labute approximate surface area is 321 Å². The van der Waals surface area contributed by atoms with Crippen LogP contribution in [0.15, 0.2) is 212 Å². The summed E-state index contributed by atoms with van der Waals surface area (Å²) in [5.74, 6) is 0. The minimum Gasteiger partial charge on any atom is -1.00 e. The highest BCUT2D eigenvalue weighted by molar-refractivity contribution is 7.96. The molecule has 0 saturated carbocycles. The molecule has 0 unspecified atom stereocenters. The van der Waals surface area contributed by atoms with Crippen LogP contribution >= 0.6 is 14.5 Å². The molecule has 7 rings (SSSR count). The molecule has 0 saturated heterocycles. The molecule has 0 N–H and O–H groups in total. The number of hydrogen-bond donors (Lipinski definition) is 0. The number of halogens is 2. The van der Waals surface area contributed by atoms with E-state index in [0.29, 0.717) is 0 Å². The molecule has 0 atom stereocenters. The van der Waals surface area contributed by atoms with Crippen LogP contribution in [0.25, 0.3) is 0 Å². The lowest BCUT2D eigenvalue weighted by atomic mass is 10.2. The molecule has 0 aliphatic carbocycles. The summed E-state index contributed by atoms with van der Waals surface area (Å²) in [5, 5.41) is 8.74. The Balaban J connectivity index is 0.000000219. The second kappa shape index (κ2) is 19.7. The average molecular weight is 819 g/mol. The van der Waals surface area contributed by atoms with Crippen LogP contribution in [0, 0.1) is 0 Å². The van der Waals surface area contributed by atoms with Crippen molar-refractivity contribution in [2.75, 3.05) is 6.16 Å². The van der Waals surface area contributed by atoms with Crippen molar-refractivity contribution in [1.82, 2.24) is 0 Å². The van der Waals surface area contributed by atoms with Crippen LogP contribution in [0.3, 0.4) is 0 Å². The first-order valence-electron chi connectivity index (χ1n) is 16.9. The summed E-state index contributed by atoms with van der Waals surface area (Å²) in [6.07, 6.45) is 3.43. The second-order valence-corrected chi connectivity index (χ2v) is 19.1. The normalized spacial score (nSPS) is 10.8. The van der Waals surface area contributed by atoms with E-state index in [1.807, 2.05) is 0 Å². The molecule has 7 aromatic rings. The van der Waals surface area contributed by atoms with Crippen molar-refractivity contribution in [3.8, 4) is 0 Å². The fraction of sp³-hybridized carbons (Fsp3) is 0.0870. The Morgan fingerprint density at radius 2 is 0.520 bits per heavy atom. The van der Waals surface area contributed by atoms with Crippen LogP contribution < -0.4 is 65.8 Å². The lowest BCUT2D eigenvalue weighted by molar-refractivity contribution is -0.001000. The van der Waals surface area contributed by atoms with Gasteiger partial charge < -0.3 is 34.0 Å². The van der Waals surface area contributed by atoms with Crippen LogP contribution in [0.1, 0.15) is 18.9 Å². The first kappa shape index (κ1) is 39.2. The Kier molecular flexibility index (Phi) is 15.4. The van der Waals surface area contributed by atoms with E-state index in [4.69, 9.17) is 0 Å². The maximum absolute atomic E-state index is 2.31. The van der Waals surface area contributed by atoms with Gasteiger partial charge in [-0.3, -0.25) is 0 Å². The molecule has 0 amide bonds. The van der Waals surface area contributed by atoms with Gasteiger partial charge in [0.2, 0.25) is 0 Å². The Bertz CT molecular complexity index is 1730. The zero-order chi connectivity index (χ0) is 32.9. The molecule has 0 fully saturated rings. The Morgan fingerprint density at radius 1 is 0.300 bits per heavy atom. The van der Waals surface area contributed by atoms with Gasteiger partial charge in [0.05, 0.1) is 12.3 Å². The minimum atomic E-state index is -1.78. The largest absolute Gasteiger partial charge is 1.00 e. The minimum absolute atomic E-state index is 0. The quantitative estimate of drug-likeness (QED) is 0.186. The maximum Gasteiger partial charge on any atom is 0.116 e. The van der Waals surface area contributed by atoms with Gasteiger partial charge in [-0.1, -0.05) is 146 Å². The molecule has 0 aliphatic heterocycles. The van der Waals surface area contributed by atoms with E-state index >= 15 is 0 Å². The van der Waals surface area contributed by atoms with Gasteiger partial charge in [0.25, 0.3) is 0 Å². The van der Waals surface area contributed by atoms with Gasteiger partial charge in [0.15, 0.2) is 0 Å². The number of hydrogen-bond acceptors (Lipinski definition) is 0. The van der Waals surface area contributed by atoms with Gasteiger partial charge in [0, 0.05) is 0 Å². The van der Waals surface area contributed by atoms with Crippen molar-refractivity contribution in [3.63, 3.8) is 0 Å². The fourth-order valence-electron chi connectivity index (χ4n) is 6.84. The van der Waals surface area contributed by atoms with Crippen LogP contribution in [-0.2, 0) is 6.16 Å². The SMILES string of the molecule is CCC[P+](c1ccccc1)(c1ccccc1)c1ccccc1.[Br-].[Br-].c1ccc(C[P+](c2ccccc2)(c2ccccc2)c2ccccc2)cc1.